The third kappa shape index (κ3) is 9.73. The standard InChI is InChI=1S/C18H30O3S.K/c1-3-5-6-7-8-9-10-11-16(4-2)17-12-14-18(15-13-17)22(19,20)21;/h12-16H,3-11H2,1-2H3,(H,19,20,21);/q;+1/p-1. The Labute approximate surface area is 184 Å². The van der Waals surface area contributed by atoms with Crippen LogP contribution in [0.2, 0.25) is 0 Å². The van der Waals surface area contributed by atoms with Crippen molar-refractivity contribution in [3.05, 3.63) is 29.8 Å². The maximum absolute atomic E-state index is 10.9. The van der Waals surface area contributed by atoms with Gasteiger partial charge in [-0.3, -0.25) is 0 Å². The molecule has 126 valence electrons. The van der Waals surface area contributed by atoms with Crippen LogP contribution in [0.15, 0.2) is 29.2 Å². The van der Waals surface area contributed by atoms with Gasteiger partial charge in [0.15, 0.2) is 0 Å². The van der Waals surface area contributed by atoms with Gasteiger partial charge in [0.1, 0.15) is 10.1 Å². The molecule has 0 heterocycles. The third-order valence-electron chi connectivity index (χ3n) is 4.29. The second-order valence-electron chi connectivity index (χ2n) is 6.04. The van der Waals surface area contributed by atoms with Crippen LogP contribution >= 0.6 is 0 Å². The van der Waals surface area contributed by atoms with Crippen molar-refractivity contribution in [2.75, 3.05) is 0 Å². The predicted molar refractivity (Wildman–Crippen MR) is 90.0 cm³/mol. The zero-order valence-corrected chi connectivity index (χ0v) is 18.8. The molecule has 23 heavy (non-hydrogen) atoms. The number of hydrogen-bond acceptors (Lipinski definition) is 3. The van der Waals surface area contributed by atoms with Crippen molar-refractivity contribution in [3.8, 4) is 0 Å². The first kappa shape index (κ1) is 23.8. The van der Waals surface area contributed by atoms with E-state index in [4.69, 9.17) is 0 Å². The van der Waals surface area contributed by atoms with Crippen LogP contribution in [-0.4, -0.2) is 13.0 Å². The van der Waals surface area contributed by atoms with Gasteiger partial charge in [-0.1, -0.05) is 70.9 Å². The van der Waals surface area contributed by atoms with Gasteiger partial charge in [-0.05, 0) is 36.5 Å². The molecule has 0 aliphatic carbocycles. The first-order valence-electron chi connectivity index (χ1n) is 8.54. The number of hydrogen-bond donors (Lipinski definition) is 0. The smallest absolute Gasteiger partial charge is 0.744 e. The van der Waals surface area contributed by atoms with E-state index in [-0.39, 0.29) is 56.3 Å². The predicted octanol–water partition coefficient (Wildman–Crippen LogP) is 2.23. The summed E-state index contributed by atoms with van der Waals surface area (Å²) in [6, 6.07) is 6.45. The normalized spacial score (nSPS) is 12.7. The van der Waals surface area contributed by atoms with Crippen molar-refractivity contribution in [1.29, 1.82) is 0 Å². The average molecular weight is 365 g/mol. The van der Waals surface area contributed by atoms with E-state index in [0.717, 1.165) is 18.4 Å². The summed E-state index contributed by atoms with van der Waals surface area (Å²) in [5, 5.41) is 0. The molecule has 1 aromatic carbocycles. The first-order chi connectivity index (χ1) is 10.5. The van der Waals surface area contributed by atoms with Crippen LogP contribution in [0.5, 0.6) is 0 Å². The molecule has 0 aliphatic rings. The second kappa shape index (κ2) is 13.0. The molecule has 3 nitrogen and oxygen atoms in total. The Kier molecular flexibility index (Phi) is 13.5. The zero-order valence-electron chi connectivity index (χ0n) is 14.9. The molecule has 0 fully saturated rings. The summed E-state index contributed by atoms with van der Waals surface area (Å²) >= 11 is 0. The van der Waals surface area contributed by atoms with Crippen LogP contribution in [0.25, 0.3) is 0 Å². The number of rotatable bonds is 11. The molecule has 1 rings (SSSR count). The molecule has 5 heteroatoms. The van der Waals surface area contributed by atoms with Crippen LogP contribution in [-0.2, 0) is 10.1 Å². The van der Waals surface area contributed by atoms with Crippen LogP contribution in [0.1, 0.15) is 83.1 Å². The first-order valence-corrected chi connectivity index (χ1v) is 9.95. The van der Waals surface area contributed by atoms with Gasteiger partial charge < -0.3 is 4.55 Å². The Morgan fingerprint density at radius 2 is 1.43 bits per heavy atom. The molecule has 0 radical (unpaired) electrons. The summed E-state index contributed by atoms with van der Waals surface area (Å²) < 4.78 is 32.8. The fraction of sp³-hybridized carbons (Fsp3) is 0.667. The van der Waals surface area contributed by atoms with Gasteiger partial charge in [-0.2, -0.15) is 0 Å². The molecule has 0 saturated carbocycles. The summed E-state index contributed by atoms with van der Waals surface area (Å²) in [6.45, 7) is 4.39. The summed E-state index contributed by atoms with van der Waals surface area (Å²) in [7, 11) is -4.33. The number of benzene rings is 1. The molecule has 1 aromatic rings. The Hall–Kier alpha value is 0.766. The van der Waals surface area contributed by atoms with E-state index < -0.39 is 10.1 Å². The van der Waals surface area contributed by atoms with Gasteiger partial charge >= 0.3 is 51.4 Å². The quantitative estimate of drug-likeness (QED) is 0.344. The second-order valence-corrected chi connectivity index (χ2v) is 7.42. The van der Waals surface area contributed by atoms with E-state index in [9.17, 15) is 13.0 Å². The maximum Gasteiger partial charge on any atom is 1.00 e. The minimum Gasteiger partial charge on any atom is -0.744 e. The summed E-state index contributed by atoms with van der Waals surface area (Å²) in [5.41, 5.74) is 1.14. The Bertz CT molecular complexity index is 512. The molecule has 0 bridgehead atoms. The van der Waals surface area contributed by atoms with Crippen molar-refractivity contribution < 1.29 is 64.4 Å². The molecule has 0 N–H and O–H groups in total. The SMILES string of the molecule is CCCCCCCCCC(CC)c1ccc(S(=O)(=O)[O-])cc1.[K+]. The van der Waals surface area contributed by atoms with E-state index in [1.807, 2.05) is 0 Å². The summed E-state index contributed by atoms with van der Waals surface area (Å²) in [5.74, 6) is 0.457. The van der Waals surface area contributed by atoms with E-state index >= 15 is 0 Å². The molecule has 0 amide bonds. The van der Waals surface area contributed by atoms with Crippen molar-refractivity contribution in [2.24, 2.45) is 0 Å². The van der Waals surface area contributed by atoms with Gasteiger partial charge in [0.2, 0.25) is 0 Å². The van der Waals surface area contributed by atoms with Crippen LogP contribution in [0, 0.1) is 0 Å². The molecule has 0 spiro atoms. The molecule has 1 atom stereocenters. The maximum atomic E-state index is 10.9. The minimum atomic E-state index is -4.33. The fourth-order valence-corrected chi connectivity index (χ4v) is 3.33. The summed E-state index contributed by atoms with van der Waals surface area (Å²) in [6.07, 6.45) is 11.3. The van der Waals surface area contributed by atoms with E-state index in [0.29, 0.717) is 5.92 Å². The molecular weight excluding hydrogens is 335 g/mol. The molecule has 0 aromatic heterocycles. The summed E-state index contributed by atoms with van der Waals surface area (Å²) in [4.78, 5) is -0.137. The zero-order chi connectivity index (χ0) is 16.4. The molecule has 0 saturated heterocycles. The van der Waals surface area contributed by atoms with Crippen molar-refractivity contribution >= 4 is 10.1 Å². The topological polar surface area (TPSA) is 57.2 Å². The third-order valence-corrected chi connectivity index (χ3v) is 5.14. The van der Waals surface area contributed by atoms with Crippen molar-refractivity contribution in [2.45, 2.75) is 82.4 Å². The Balaban J connectivity index is 0.00000484. The van der Waals surface area contributed by atoms with Crippen LogP contribution in [0.4, 0.5) is 0 Å². The van der Waals surface area contributed by atoms with Gasteiger partial charge in [0, 0.05) is 0 Å². The van der Waals surface area contributed by atoms with Crippen LogP contribution < -0.4 is 51.4 Å². The number of unbranched alkanes of at least 4 members (excludes halogenated alkanes) is 6. The molecule has 0 aliphatic heterocycles. The van der Waals surface area contributed by atoms with E-state index in [2.05, 4.69) is 13.8 Å². The van der Waals surface area contributed by atoms with Crippen molar-refractivity contribution in [1.82, 2.24) is 0 Å². The monoisotopic (exact) mass is 364 g/mol. The largest absolute Gasteiger partial charge is 1.00 e. The fourth-order valence-electron chi connectivity index (χ4n) is 2.86. The van der Waals surface area contributed by atoms with Crippen molar-refractivity contribution in [3.63, 3.8) is 0 Å². The minimum absolute atomic E-state index is 0. The van der Waals surface area contributed by atoms with Gasteiger partial charge in [0.05, 0.1) is 4.90 Å². The molecular formula is C18H29KO3S. The Morgan fingerprint density at radius 3 is 1.91 bits per heavy atom. The Morgan fingerprint density at radius 1 is 0.913 bits per heavy atom. The molecule has 1 unspecified atom stereocenters. The van der Waals surface area contributed by atoms with E-state index in [1.165, 1.54) is 57.1 Å². The van der Waals surface area contributed by atoms with Gasteiger partial charge in [-0.15, -0.1) is 0 Å². The van der Waals surface area contributed by atoms with Gasteiger partial charge in [-0.25, -0.2) is 8.42 Å². The average Bonchev–Trinajstić information content (AvgIpc) is 2.49. The van der Waals surface area contributed by atoms with Gasteiger partial charge in [0.25, 0.3) is 0 Å². The van der Waals surface area contributed by atoms with E-state index in [1.54, 1.807) is 12.1 Å². The van der Waals surface area contributed by atoms with Crippen LogP contribution in [0.3, 0.4) is 0 Å².